The van der Waals surface area contributed by atoms with Gasteiger partial charge < -0.3 is 0 Å². The second-order valence-corrected chi connectivity index (χ2v) is 23.6. The van der Waals surface area contributed by atoms with Crippen LogP contribution in [0.5, 0.6) is 0 Å². The molecule has 0 spiro atoms. The number of unbranched alkanes of at least 4 members (excludes halogenated alkanes) is 2. The van der Waals surface area contributed by atoms with Gasteiger partial charge in [-0.3, -0.25) is 0 Å². The number of nitrogens with zero attached hydrogens (tertiary/aromatic N) is 6. The Hall–Kier alpha value is -4.56. The Balaban J connectivity index is 1.12. The van der Waals surface area contributed by atoms with Crippen LogP contribution >= 0.6 is 68.8 Å². The summed E-state index contributed by atoms with van der Waals surface area (Å²) in [5.74, 6) is 1.25. The van der Waals surface area contributed by atoms with Gasteiger partial charge in [0.25, 0.3) is 0 Å². The van der Waals surface area contributed by atoms with Crippen LogP contribution in [0, 0.1) is 11.8 Å². The highest BCUT2D eigenvalue weighted by Gasteiger charge is 2.48. The first-order valence-corrected chi connectivity index (χ1v) is 28.8. The number of aromatic nitrogens is 6. The topological polar surface area (TPSA) is 77.3 Å². The van der Waals surface area contributed by atoms with Gasteiger partial charge in [-0.05, 0) is 102 Å². The molecule has 6 aromatic heterocycles. The molecule has 2 unspecified atom stereocenters. The molecule has 4 aromatic carbocycles. The molecule has 0 N–H and O–H groups in total. The summed E-state index contributed by atoms with van der Waals surface area (Å²) in [4.78, 5) is 15.7. The number of rotatable bonds is 18. The Morgan fingerprint density at radius 3 is 1.57 bits per heavy atom. The molecule has 12 heteroatoms. The summed E-state index contributed by atoms with van der Waals surface area (Å²) in [5, 5.41) is 1.99. The number of aryl methyl sites for hydroxylation is 1. The molecule has 0 amide bonds. The van der Waals surface area contributed by atoms with Crippen LogP contribution in [0.1, 0.15) is 121 Å². The fourth-order valence-electron chi connectivity index (χ4n) is 10.8. The monoisotopic (exact) mass is 990 g/mol. The average Bonchev–Trinajstić information content (AvgIpc) is 4.23. The van der Waals surface area contributed by atoms with Gasteiger partial charge in [-0.15, -0.1) is 45.3 Å². The van der Waals surface area contributed by atoms with Crippen molar-refractivity contribution in [1.82, 2.24) is 27.5 Å². The summed E-state index contributed by atoms with van der Waals surface area (Å²) >= 11 is 10.0. The zero-order valence-electron chi connectivity index (χ0n) is 38.8. The van der Waals surface area contributed by atoms with Gasteiger partial charge in [0.1, 0.15) is 32.1 Å². The number of fused-ring (bicyclic) bond motifs is 7. The van der Waals surface area contributed by atoms with Crippen molar-refractivity contribution in [3.63, 3.8) is 0 Å². The molecule has 0 fully saturated rings. The first-order valence-electron chi connectivity index (χ1n) is 24.1. The second kappa shape index (κ2) is 18.7. The predicted octanol–water partition coefficient (Wildman–Crippen LogP) is 18.4. The summed E-state index contributed by atoms with van der Waals surface area (Å²) < 4.78 is 22.5. The number of para-hydroxylation sites is 2. The van der Waals surface area contributed by atoms with Crippen molar-refractivity contribution >= 4 is 117 Å². The molecule has 11 rings (SSSR count). The smallest absolute Gasteiger partial charge is 0.127 e. The molecule has 6 heterocycles. The number of benzene rings is 4. The molecule has 0 aliphatic heterocycles. The fraction of sp³-hybridized carbons (Fsp3) is 0.345. The quantitative estimate of drug-likeness (QED) is 0.0852. The minimum Gasteiger partial charge on any atom is -0.236 e. The van der Waals surface area contributed by atoms with Gasteiger partial charge in [0.2, 0.25) is 0 Å². The molecule has 340 valence electrons. The Morgan fingerprint density at radius 1 is 0.582 bits per heavy atom. The van der Waals surface area contributed by atoms with Crippen LogP contribution in [0.15, 0.2) is 79.4 Å². The summed E-state index contributed by atoms with van der Waals surface area (Å²) in [6, 6.07) is 26.8. The average molecular weight is 991 g/mol. The van der Waals surface area contributed by atoms with E-state index in [2.05, 4.69) is 114 Å². The van der Waals surface area contributed by atoms with Crippen molar-refractivity contribution in [3.8, 4) is 51.8 Å². The molecule has 1 aliphatic carbocycles. The fourth-order valence-corrected chi connectivity index (χ4v) is 16.8. The third-order valence-corrected chi connectivity index (χ3v) is 20.1. The van der Waals surface area contributed by atoms with Gasteiger partial charge in [0.15, 0.2) is 0 Å². The van der Waals surface area contributed by atoms with Crippen molar-refractivity contribution in [2.75, 3.05) is 0 Å². The van der Waals surface area contributed by atoms with E-state index in [1.807, 2.05) is 28.7 Å². The minimum atomic E-state index is -0.118. The number of thiophene rings is 2. The Labute approximate surface area is 417 Å². The van der Waals surface area contributed by atoms with Gasteiger partial charge in [0.05, 0.1) is 43.9 Å². The third kappa shape index (κ3) is 7.74. The van der Waals surface area contributed by atoms with Gasteiger partial charge in [-0.2, -0.15) is 17.5 Å². The van der Waals surface area contributed by atoms with Gasteiger partial charge in [-0.1, -0.05) is 123 Å². The lowest BCUT2D eigenvalue weighted by Crippen LogP contribution is -2.31. The lowest BCUT2D eigenvalue weighted by Gasteiger charge is -2.37. The summed E-state index contributed by atoms with van der Waals surface area (Å²) in [6.07, 6.45) is 15.1. The van der Waals surface area contributed by atoms with Crippen LogP contribution in [0.2, 0.25) is 0 Å². The molecule has 0 bridgehead atoms. The molecule has 2 atom stereocenters. The highest BCUT2D eigenvalue weighted by Crippen LogP contribution is 2.63. The summed E-state index contributed by atoms with van der Waals surface area (Å²) in [7, 11) is 0. The maximum absolute atomic E-state index is 5.15. The Morgan fingerprint density at radius 2 is 1.07 bits per heavy atom. The SMILES string of the molecule is C=Cc1cc(-c2cc3c(s2)-c2sc(-c4cc(CC)c(-c5nc6ccccc6s5)c5nsnc45)cc2C3(CC(CC)CCCC)CC(CC)CCCC)c2nsnc2c1-c1nc2ccccc2s1. The van der Waals surface area contributed by atoms with Crippen LogP contribution in [0.4, 0.5) is 0 Å². The van der Waals surface area contributed by atoms with E-state index in [1.165, 1.54) is 126 Å². The minimum absolute atomic E-state index is 0.118. The van der Waals surface area contributed by atoms with E-state index in [-0.39, 0.29) is 5.41 Å². The normalized spacial score (nSPS) is 15.6. The molecule has 10 aromatic rings. The molecule has 1 aliphatic rings. The van der Waals surface area contributed by atoms with Crippen molar-refractivity contribution in [3.05, 3.63) is 102 Å². The zero-order chi connectivity index (χ0) is 45.8. The molecule has 0 saturated heterocycles. The van der Waals surface area contributed by atoms with Crippen LogP contribution in [0.25, 0.3) is 100 Å². The van der Waals surface area contributed by atoms with Crippen LogP contribution in [-0.2, 0) is 11.8 Å². The van der Waals surface area contributed by atoms with Crippen molar-refractivity contribution in [1.29, 1.82) is 0 Å². The molecular formula is C55H54N6S6. The van der Waals surface area contributed by atoms with E-state index in [4.69, 9.17) is 27.5 Å². The first-order chi connectivity index (χ1) is 32.9. The Bertz CT molecular complexity index is 3350. The lowest BCUT2D eigenvalue weighted by atomic mass is 9.65. The molecule has 0 radical (unpaired) electrons. The van der Waals surface area contributed by atoms with Crippen molar-refractivity contribution in [2.45, 2.75) is 111 Å². The van der Waals surface area contributed by atoms with Crippen LogP contribution in [0.3, 0.4) is 0 Å². The highest BCUT2D eigenvalue weighted by atomic mass is 32.1. The van der Waals surface area contributed by atoms with Crippen LogP contribution < -0.4 is 0 Å². The maximum Gasteiger partial charge on any atom is 0.127 e. The van der Waals surface area contributed by atoms with E-state index in [1.54, 1.807) is 22.7 Å². The van der Waals surface area contributed by atoms with E-state index in [0.29, 0.717) is 11.8 Å². The molecule has 67 heavy (non-hydrogen) atoms. The Kier molecular flexibility index (Phi) is 12.6. The van der Waals surface area contributed by atoms with Crippen molar-refractivity contribution in [2.24, 2.45) is 11.8 Å². The van der Waals surface area contributed by atoms with Crippen LogP contribution in [-0.4, -0.2) is 27.5 Å². The van der Waals surface area contributed by atoms with E-state index >= 15 is 0 Å². The van der Waals surface area contributed by atoms with E-state index < -0.39 is 0 Å². The largest absolute Gasteiger partial charge is 0.236 e. The number of hydrogen-bond acceptors (Lipinski definition) is 12. The number of thiazole rings is 2. The number of hydrogen-bond donors (Lipinski definition) is 0. The zero-order valence-corrected chi connectivity index (χ0v) is 43.7. The molecular weight excluding hydrogens is 937 g/mol. The van der Waals surface area contributed by atoms with E-state index in [0.717, 1.165) is 84.6 Å². The predicted molar refractivity (Wildman–Crippen MR) is 294 cm³/mol. The van der Waals surface area contributed by atoms with E-state index in [9.17, 15) is 0 Å². The van der Waals surface area contributed by atoms with Gasteiger partial charge in [0, 0.05) is 47.2 Å². The lowest BCUT2D eigenvalue weighted by molar-refractivity contribution is 0.266. The highest BCUT2D eigenvalue weighted by molar-refractivity contribution is 7.26. The third-order valence-electron chi connectivity index (χ3n) is 14.4. The summed E-state index contributed by atoms with van der Waals surface area (Å²) in [6.45, 7) is 16.2. The summed E-state index contributed by atoms with van der Waals surface area (Å²) in [5.41, 5.74) is 15.6. The standard InChI is InChI=1S/C55H54N6S6/c1-7-13-19-31(9-3)29-55(30-32(10-4)20-14-8-2)37-27-43(35-25-33(11-5)45(49-47(35)58-66-60-49)53-56-39-21-15-17-23-41(39)64-53)62-51(37)52-38(55)28-44(63-52)36-26-34(12-6)46(50-48(36)59-67-61-50)54-57-40-22-16-18-24-42(40)65-54/h11,15-18,21-28,31-32H,5,7-10,12-14,19-20,29-30H2,1-4,6H3. The van der Waals surface area contributed by atoms with Crippen molar-refractivity contribution < 1.29 is 0 Å². The molecule has 0 saturated carbocycles. The first kappa shape index (κ1) is 44.9. The maximum atomic E-state index is 5.15. The molecule has 6 nitrogen and oxygen atoms in total. The van der Waals surface area contributed by atoms with Gasteiger partial charge >= 0.3 is 0 Å². The van der Waals surface area contributed by atoms with Gasteiger partial charge in [-0.25, -0.2) is 9.97 Å². The second-order valence-electron chi connectivity index (χ2n) is 18.3.